The number of hydrogen-bond acceptors (Lipinski definition) is 3. The number of halogens is 4. The second kappa shape index (κ2) is 8.15. The summed E-state index contributed by atoms with van der Waals surface area (Å²) in [6, 6.07) is 12.0. The second-order valence-electron chi connectivity index (χ2n) is 5.14. The van der Waals surface area contributed by atoms with Crippen LogP contribution in [0.5, 0.6) is 0 Å². The number of amides is 1. The van der Waals surface area contributed by atoms with E-state index in [1.54, 1.807) is 6.92 Å². The van der Waals surface area contributed by atoms with Crippen LogP contribution in [0.4, 0.5) is 18.9 Å². The molecule has 2 aromatic rings. The monoisotopic (exact) mass is 413 g/mol. The Morgan fingerprint density at radius 2 is 1.88 bits per heavy atom. The normalized spacial score (nSPS) is 12.0. The van der Waals surface area contributed by atoms with Gasteiger partial charge in [-0.3, -0.25) is 4.79 Å². The average Bonchev–Trinajstić information content (AvgIpc) is 2.58. The summed E-state index contributed by atoms with van der Waals surface area (Å²) < 4.78 is 38.8. The molecule has 0 bridgehead atoms. The highest BCUT2D eigenvalue weighted by Crippen LogP contribution is 2.30. The third kappa shape index (κ3) is 5.60. The fourth-order valence-electron chi connectivity index (χ4n) is 1.99. The van der Waals surface area contributed by atoms with E-state index in [1.807, 2.05) is 24.3 Å². The topological polar surface area (TPSA) is 53.5 Å². The summed E-state index contributed by atoms with van der Waals surface area (Å²) in [4.78, 5) is 11.8. The maximum Gasteiger partial charge on any atom is 0.416 e. The van der Waals surface area contributed by atoms with E-state index in [2.05, 4.69) is 31.8 Å². The first-order chi connectivity index (χ1) is 11.8. The van der Waals surface area contributed by atoms with Crippen molar-refractivity contribution >= 4 is 33.2 Å². The first-order valence-electron chi connectivity index (χ1n) is 7.26. The van der Waals surface area contributed by atoms with E-state index < -0.39 is 17.6 Å². The number of benzene rings is 2. The lowest BCUT2D eigenvalue weighted by molar-refractivity contribution is -0.137. The minimum absolute atomic E-state index is 0.200. The van der Waals surface area contributed by atoms with Crippen molar-refractivity contribution in [2.24, 2.45) is 5.10 Å². The van der Waals surface area contributed by atoms with Gasteiger partial charge in [-0.15, -0.1) is 0 Å². The standard InChI is InChI=1S/C17H15BrF3N3O/c1-11(14-7-2-3-8-15(14)18)23-24-16(25)10-22-13-6-4-5-12(9-13)17(19,20)21/h2-9,22H,10H2,1H3,(H,24,25). The van der Waals surface area contributed by atoms with Crippen molar-refractivity contribution in [3.8, 4) is 0 Å². The number of hydrazone groups is 1. The Morgan fingerprint density at radius 3 is 2.56 bits per heavy atom. The highest BCUT2D eigenvalue weighted by atomic mass is 79.9. The Hall–Kier alpha value is -2.35. The van der Waals surface area contributed by atoms with Gasteiger partial charge in [-0.25, -0.2) is 5.43 Å². The maximum atomic E-state index is 12.6. The molecule has 132 valence electrons. The molecule has 2 aromatic carbocycles. The van der Waals surface area contributed by atoms with Crippen LogP contribution in [0.1, 0.15) is 18.1 Å². The van der Waals surface area contributed by atoms with E-state index in [0.29, 0.717) is 5.71 Å². The Morgan fingerprint density at radius 1 is 1.16 bits per heavy atom. The predicted octanol–water partition coefficient (Wildman–Crippen LogP) is 4.42. The van der Waals surface area contributed by atoms with E-state index >= 15 is 0 Å². The van der Waals surface area contributed by atoms with Crippen LogP contribution in [0.25, 0.3) is 0 Å². The van der Waals surface area contributed by atoms with Crippen LogP contribution in [0, 0.1) is 0 Å². The van der Waals surface area contributed by atoms with Crippen molar-refractivity contribution in [3.05, 3.63) is 64.1 Å². The number of rotatable bonds is 5. The highest BCUT2D eigenvalue weighted by molar-refractivity contribution is 9.10. The maximum absolute atomic E-state index is 12.6. The molecule has 2 N–H and O–H groups in total. The predicted molar refractivity (Wildman–Crippen MR) is 94.4 cm³/mol. The summed E-state index contributed by atoms with van der Waals surface area (Å²) in [5, 5.41) is 6.63. The molecule has 0 spiro atoms. The lowest BCUT2D eigenvalue weighted by atomic mass is 10.1. The third-order valence-corrected chi connectivity index (χ3v) is 3.95. The zero-order chi connectivity index (χ0) is 18.4. The lowest BCUT2D eigenvalue weighted by Gasteiger charge is -2.10. The van der Waals surface area contributed by atoms with E-state index in [9.17, 15) is 18.0 Å². The van der Waals surface area contributed by atoms with Crippen molar-refractivity contribution in [2.75, 3.05) is 11.9 Å². The second-order valence-corrected chi connectivity index (χ2v) is 6.00. The van der Waals surface area contributed by atoms with Crippen molar-refractivity contribution in [1.29, 1.82) is 0 Å². The van der Waals surface area contributed by atoms with Crippen LogP contribution in [0.3, 0.4) is 0 Å². The summed E-state index contributed by atoms with van der Waals surface area (Å²) in [5.41, 5.74) is 3.22. The minimum Gasteiger partial charge on any atom is -0.376 e. The molecule has 0 heterocycles. The van der Waals surface area contributed by atoms with Gasteiger partial charge in [0.1, 0.15) is 0 Å². The zero-order valence-corrected chi connectivity index (χ0v) is 14.8. The van der Waals surface area contributed by atoms with Gasteiger partial charge in [0.15, 0.2) is 0 Å². The molecule has 0 aliphatic carbocycles. The van der Waals surface area contributed by atoms with Gasteiger partial charge in [0, 0.05) is 15.7 Å². The number of hydrogen-bond donors (Lipinski definition) is 2. The van der Waals surface area contributed by atoms with E-state index in [0.717, 1.165) is 22.2 Å². The summed E-state index contributed by atoms with van der Waals surface area (Å²) in [6.45, 7) is 1.54. The minimum atomic E-state index is -4.43. The quantitative estimate of drug-likeness (QED) is 0.562. The van der Waals surface area contributed by atoms with Crippen molar-refractivity contribution in [1.82, 2.24) is 5.43 Å². The zero-order valence-electron chi connectivity index (χ0n) is 13.2. The number of alkyl halides is 3. The van der Waals surface area contributed by atoms with E-state index in [1.165, 1.54) is 12.1 Å². The van der Waals surface area contributed by atoms with Crippen LogP contribution in [0.2, 0.25) is 0 Å². The number of nitrogens with zero attached hydrogens (tertiary/aromatic N) is 1. The molecule has 8 heteroatoms. The average molecular weight is 414 g/mol. The van der Waals surface area contributed by atoms with Gasteiger partial charge in [-0.2, -0.15) is 18.3 Å². The molecular weight excluding hydrogens is 399 g/mol. The molecule has 0 aliphatic heterocycles. The van der Waals surface area contributed by atoms with Gasteiger partial charge in [0.05, 0.1) is 17.8 Å². The van der Waals surface area contributed by atoms with Gasteiger partial charge in [-0.1, -0.05) is 40.2 Å². The smallest absolute Gasteiger partial charge is 0.376 e. The summed E-state index contributed by atoms with van der Waals surface area (Å²) in [5.74, 6) is -0.469. The molecule has 0 aromatic heterocycles. The van der Waals surface area contributed by atoms with Crippen LogP contribution in [-0.2, 0) is 11.0 Å². The van der Waals surface area contributed by atoms with Crippen molar-refractivity contribution < 1.29 is 18.0 Å². The Labute approximate surface area is 151 Å². The van der Waals surface area contributed by atoms with Gasteiger partial charge in [-0.05, 0) is 31.2 Å². The van der Waals surface area contributed by atoms with Gasteiger partial charge >= 0.3 is 6.18 Å². The van der Waals surface area contributed by atoms with Gasteiger partial charge in [0.25, 0.3) is 5.91 Å². The Kier molecular flexibility index (Phi) is 6.19. The first kappa shape index (κ1) is 19.0. The van der Waals surface area contributed by atoms with E-state index in [-0.39, 0.29) is 12.2 Å². The van der Waals surface area contributed by atoms with Crippen LogP contribution in [0.15, 0.2) is 58.1 Å². The van der Waals surface area contributed by atoms with E-state index in [4.69, 9.17) is 0 Å². The van der Waals surface area contributed by atoms with Crippen LogP contribution < -0.4 is 10.7 Å². The molecule has 0 atom stereocenters. The van der Waals surface area contributed by atoms with Crippen LogP contribution in [-0.4, -0.2) is 18.2 Å². The molecule has 25 heavy (non-hydrogen) atoms. The largest absolute Gasteiger partial charge is 0.416 e. The van der Waals surface area contributed by atoms with Gasteiger partial charge < -0.3 is 5.32 Å². The molecule has 0 unspecified atom stereocenters. The summed E-state index contributed by atoms with van der Waals surface area (Å²) >= 11 is 3.39. The van der Waals surface area contributed by atoms with Crippen molar-refractivity contribution in [2.45, 2.75) is 13.1 Å². The molecule has 2 rings (SSSR count). The molecule has 0 saturated carbocycles. The first-order valence-corrected chi connectivity index (χ1v) is 8.06. The van der Waals surface area contributed by atoms with Gasteiger partial charge in [0.2, 0.25) is 0 Å². The molecule has 4 nitrogen and oxygen atoms in total. The number of nitrogens with one attached hydrogen (secondary N) is 2. The molecular formula is C17H15BrF3N3O. The summed E-state index contributed by atoms with van der Waals surface area (Å²) in [7, 11) is 0. The molecule has 0 fully saturated rings. The molecule has 0 saturated heterocycles. The molecule has 0 aliphatic rings. The fourth-order valence-corrected chi connectivity index (χ4v) is 2.56. The van der Waals surface area contributed by atoms with Crippen molar-refractivity contribution in [3.63, 3.8) is 0 Å². The number of anilines is 1. The third-order valence-electron chi connectivity index (χ3n) is 3.25. The summed E-state index contributed by atoms with van der Waals surface area (Å²) in [6.07, 6.45) is -4.43. The lowest BCUT2D eigenvalue weighted by Crippen LogP contribution is -2.26. The Balaban J connectivity index is 1.93. The number of carbonyl (C=O) groups is 1. The Bertz CT molecular complexity index is 791. The van der Waals surface area contributed by atoms with Crippen LogP contribution >= 0.6 is 15.9 Å². The number of carbonyl (C=O) groups excluding carboxylic acids is 1. The molecule has 0 radical (unpaired) electrons. The SMILES string of the molecule is CC(=NNC(=O)CNc1cccc(C(F)(F)F)c1)c1ccccc1Br. The molecule has 1 amide bonds. The highest BCUT2D eigenvalue weighted by Gasteiger charge is 2.30. The fraction of sp³-hybridized carbons (Fsp3) is 0.176.